The molecule has 33 heavy (non-hydrogen) atoms. The average Bonchev–Trinajstić information content (AvgIpc) is 3.36. The summed E-state index contributed by atoms with van der Waals surface area (Å²) in [5.41, 5.74) is 1.11. The van der Waals surface area contributed by atoms with Gasteiger partial charge in [-0.3, -0.25) is 19.7 Å². The molecule has 5 rings (SSSR count). The molecular formula is C25H33BFN3O3. The van der Waals surface area contributed by atoms with Crippen LogP contribution in [0.3, 0.4) is 0 Å². The lowest BCUT2D eigenvalue weighted by Gasteiger charge is -2.34. The summed E-state index contributed by atoms with van der Waals surface area (Å²) in [6.45, 7) is 1.71. The van der Waals surface area contributed by atoms with Crippen molar-refractivity contribution in [2.75, 3.05) is 0 Å². The molecule has 2 N–H and O–H groups in total. The first-order valence-corrected chi connectivity index (χ1v) is 12.3. The number of hydrogen-bond acceptors (Lipinski definition) is 4. The van der Waals surface area contributed by atoms with Crippen molar-refractivity contribution in [2.45, 2.75) is 102 Å². The van der Waals surface area contributed by atoms with Crippen LogP contribution in [0, 0.1) is 12.7 Å². The molecule has 2 heterocycles. The molecule has 6 nitrogen and oxygen atoms in total. The highest BCUT2D eigenvalue weighted by Gasteiger charge is 2.40. The van der Waals surface area contributed by atoms with Crippen molar-refractivity contribution in [3.8, 4) is 0 Å². The number of halogens is 1. The monoisotopic (exact) mass is 453 g/mol. The largest absolute Gasteiger partial charge is 0.322 e. The number of imide groups is 1. The maximum atomic E-state index is 14.0. The number of nitrogens with one attached hydrogen (secondary N) is 2. The van der Waals surface area contributed by atoms with Crippen molar-refractivity contribution in [2.24, 2.45) is 0 Å². The molecular weight excluding hydrogens is 420 g/mol. The Balaban J connectivity index is 0.000000172. The molecule has 1 saturated heterocycles. The molecule has 4 aliphatic rings. The molecule has 176 valence electrons. The van der Waals surface area contributed by atoms with E-state index in [9.17, 15) is 18.8 Å². The molecule has 0 bridgehead atoms. The Bertz CT molecular complexity index is 926. The molecule has 1 unspecified atom stereocenters. The fourth-order valence-electron chi connectivity index (χ4n) is 5.53. The van der Waals surface area contributed by atoms with E-state index in [4.69, 9.17) is 7.85 Å². The number of hydrogen-bond donors (Lipinski definition) is 2. The van der Waals surface area contributed by atoms with Crippen LogP contribution in [0.1, 0.15) is 92.1 Å². The van der Waals surface area contributed by atoms with Crippen molar-refractivity contribution in [3.05, 3.63) is 34.6 Å². The van der Waals surface area contributed by atoms with Gasteiger partial charge >= 0.3 is 0 Å². The number of carbonyl (C=O) groups excluding carboxylic acids is 3. The quantitative estimate of drug-likeness (QED) is 0.544. The third-order valence-corrected chi connectivity index (χ3v) is 7.43. The van der Waals surface area contributed by atoms with Crippen LogP contribution in [-0.2, 0) is 16.1 Å². The molecule has 1 aromatic carbocycles. The topological polar surface area (TPSA) is 78.5 Å². The Morgan fingerprint density at radius 1 is 1.06 bits per heavy atom. The van der Waals surface area contributed by atoms with E-state index < -0.39 is 17.8 Å². The van der Waals surface area contributed by atoms with Gasteiger partial charge in [0.05, 0.1) is 14.4 Å². The fraction of sp³-hybridized carbons (Fsp3) is 0.640. The Kier molecular flexibility index (Phi) is 7.22. The minimum atomic E-state index is -0.702. The molecule has 8 heteroatoms. The van der Waals surface area contributed by atoms with Gasteiger partial charge < -0.3 is 10.2 Å². The SMILES string of the molecule is Cc1ccc2c(c1F)CN(C1CCC(=O)NC1=O)C2=O.[B]C1(NC2CCCCC2)CCCC1. The number of fused-ring (bicyclic) bond motifs is 1. The number of amides is 3. The second-order valence-electron chi connectivity index (χ2n) is 9.97. The maximum Gasteiger partial charge on any atom is 0.255 e. The van der Waals surface area contributed by atoms with E-state index in [0.717, 1.165) is 6.04 Å². The van der Waals surface area contributed by atoms with E-state index in [0.29, 0.717) is 16.7 Å². The van der Waals surface area contributed by atoms with E-state index in [1.54, 1.807) is 19.1 Å². The van der Waals surface area contributed by atoms with Gasteiger partial charge in [-0.15, -0.1) is 0 Å². The van der Waals surface area contributed by atoms with Gasteiger partial charge in [-0.05, 0) is 56.1 Å². The van der Waals surface area contributed by atoms with Crippen LogP contribution in [0.25, 0.3) is 0 Å². The zero-order valence-electron chi connectivity index (χ0n) is 19.4. The van der Waals surface area contributed by atoms with Crippen LogP contribution in [-0.4, -0.2) is 48.0 Å². The van der Waals surface area contributed by atoms with Gasteiger partial charge in [-0.25, -0.2) is 4.39 Å². The zero-order chi connectivity index (χ0) is 23.6. The van der Waals surface area contributed by atoms with Crippen LogP contribution >= 0.6 is 0 Å². The lowest BCUT2D eigenvalue weighted by Crippen LogP contribution is -2.52. The van der Waals surface area contributed by atoms with Crippen molar-refractivity contribution in [1.29, 1.82) is 0 Å². The van der Waals surface area contributed by atoms with Crippen LogP contribution in [0.4, 0.5) is 4.39 Å². The predicted octanol–water partition coefficient (Wildman–Crippen LogP) is 3.24. The Morgan fingerprint density at radius 3 is 2.42 bits per heavy atom. The molecule has 2 radical (unpaired) electrons. The lowest BCUT2D eigenvalue weighted by atomic mass is 9.75. The summed E-state index contributed by atoms with van der Waals surface area (Å²) in [5.74, 6) is -1.57. The van der Waals surface area contributed by atoms with Gasteiger partial charge in [-0.1, -0.05) is 38.2 Å². The minimum Gasteiger partial charge on any atom is -0.322 e. The zero-order valence-corrected chi connectivity index (χ0v) is 19.4. The average molecular weight is 453 g/mol. The molecule has 2 saturated carbocycles. The number of rotatable bonds is 3. The van der Waals surface area contributed by atoms with Crippen molar-refractivity contribution >= 4 is 25.6 Å². The second-order valence-corrected chi connectivity index (χ2v) is 9.97. The number of carbonyl (C=O) groups is 3. The van der Waals surface area contributed by atoms with Crippen molar-refractivity contribution in [1.82, 2.24) is 15.5 Å². The lowest BCUT2D eigenvalue weighted by molar-refractivity contribution is -0.136. The van der Waals surface area contributed by atoms with Gasteiger partial charge in [-0.2, -0.15) is 0 Å². The molecule has 3 fully saturated rings. The van der Waals surface area contributed by atoms with Gasteiger partial charge in [0.15, 0.2) is 0 Å². The molecule has 0 spiro atoms. The van der Waals surface area contributed by atoms with Crippen LogP contribution < -0.4 is 10.6 Å². The van der Waals surface area contributed by atoms with Crippen LogP contribution in [0.5, 0.6) is 0 Å². The molecule has 2 aliphatic heterocycles. The van der Waals surface area contributed by atoms with Gasteiger partial charge in [0.25, 0.3) is 5.91 Å². The first kappa shape index (κ1) is 23.9. The number of piperidine rings is 1. The van der Waals surface area contributed by atoms with Gasteiger partial charge in [0.1, 0.15) is 11.9 Å². The predicted molar refractivity (Wildman–Crippen MR) is 124 cm³/mol. The Morgan fingerprint density at radius 2 is 1.76 bits per heavy atom. The molecule has 2 aliphatic carbocycles. The third-order valence-electron chi connectivity index (χ3n) is 7.43. The fourth-order valence-corrected chi connectivity index (χ4v) is 5.53. The van der Waals surface area contributed by atoms with E-state index in [1.807, 2.05) is 0 Å². The first-order valence-electron chi connectivity index (χ1n) is 12.3. The second kappa shape index (κ2) is 9.96. The summed E-state index contributed by atoms with van der Waals surface area (Å²) in [6, 6.07) is 3.16. The van der Waals surface area contributed by atoms with E-state index >= 15 is 0 Å². The summed E-state index contributed by atoms with van der Waals surface area (Å²) in [6.07, 6.45) is 12.4. The normalized spacial score (nSPS) is 24.8. The van der Waals surface area contributed by atoms with Gasteiger partial charge in [0.2, 0.25) is 11.8 Å². The number of aryl methyl sites for hydroxylation is 1. The molecule has 3 amide bonds. The van der Waals surface area contributed by atoms with E-state index in [2.05, 4.69) is 10.6 Å². The Labute approximate surface area is 196 Å². The standard InChI is InChI=1S/C14H13FN2O3.C11H20BN/c1-7-2-3-8-9(12(7)15)6-17(14(8)20)10-4-5-11(18)16-13(10)19;12-11(8-4-5-9-11)13-10-6-2-1-3-7-10/h2-3,10H,4-6H2,1H3,(H,16,18,19);10,13H,1-9H2. The van der Waals surface area contributed by atoms with Crippen molar-refractivity contribution in [3.63, 3.8) is 0 Å². The van der Waals surface area contributed by atoms with Gasteiger partial charge in [0, 0.05) is 23.6 Å². The van der Waals surface area contributed by atoms with E-state index in [-0.39, 0.29) is 36.6 Å². The highest BCUT2D eigenvalue weighted by atomic mass is 19.1. The van der Waals surface area contributed by atoms with Crippen LogP contribution in [0.2, 0.25) is 0 Å². The summed E-state index contributed by atoms with van der Waals surface area (Å²) >= 11 is 0. The smallest absolute Gasteiger partial charge is 0.255 e. The molecule has 0 aromatic heterocycles. The molecule has 1 aromatic rings. The summed E-state index contributed by atoms with van der Waals surface area (Å²) in [5, 5.41) is 5.89. The summed E-state index contributed by atoms with van der Waals surface area (Å²) < 4.78 is 14.0. The Hall–Kier alpha value is -2.22. The van der Waals surface area contributed by atoms with Crippen molar-refractivity contribution < 1.29 is 18.8 Å². The first-order chi connectivity index (χ1) is 15.8. The number of nitrogens with zero attached hydrogens (tertiary/aromatic N) is 1. The third kappa shape index (κ3) is 5.31. The van der Waals surface area contributed by atoms with E-state index in [1.165, 1.54) is 62.7 Å². The highest BCUT2D eigenvalue weighted by Crippen LogP contribution is 2.31. The number of benzene rings is 1. The minimum absolute atomic E-state index is 0.00199. The summed E-state index contributed by atoms with van der Waals surface area (Å²) in [4.78, 5) is 36.6. The summed E-state index contributed by atoms with van der Waals surface area (Å²) in [7, 11) is 6.28. The van der Waals surface area contributed by atoms with Crippen LogP contribution in [0.15, 0.2) is 12.1 Å². The maximum absolute atomic E-state index is 14.0. The molecule has 1 atom stereocenters. The highest BCUT2D eigenvalue weighted by molar-refractivity contribution is 6.15.